The zero-order valence-electron chi connectivity index (χ0n) is 13.5. The van der Waals surface area contributed by atoms with Crippen LogP contribution in [-0.2, 0) is 4.74 Å². The Balaban J connectivity index is 1.87. The van der Waals surface area contributed by atoms with Crippen LogP contribution < -0.4 is 0 Å². The van der Waals surface area contributed by atoms with Gasteiger partial charge in [-0.3, -0.25) is 4.90 Å². The van der Waals surface area contributed by atoms with Crippen LogP contribution in [0.2, 0.25) is 0 Å². The van der Waals surface area contributed by atoms with Crippen LogP contribution in [0.1, 0.15) is 40.5 Å². The molecule has 2 heterocycles. The normalized spacial score (nSPS) is 29.3. The predicted octanol–water partition coefficient (Wildman–Crippen LogP) is 0.813. The summed E-state index contributed by atoms with van der Waals surface area (Å²) in [5.74, 6) is 0. The molecule has 2 rings (SSSR count). The molecule has 2 atom stereocenters. The van der Waals surface area contributed by atoms with Crippen LogP contribution in [-0.4, -0.2) is 75.6 Å². The highest BCUT2D eigenvalue weighted by molar-refractivity contribution is 5.68. The van der Waals surface area contributed by atoms with Crippen LogP contribution in [0.15, 0.2) is 0 Å². The molecule has 0 aromatic carbocycles. The first-order valence-corrected chi connectivity index (χ1v) is 7.76. The summed E-state index contributed by atoms with van der Waals surface area (Å²) >= 11 is 0. The third kappa shape index (κ3) is 3.87. The number of ether oxygens (including phenoxy) is 1. The molecular weight excluding hydrogens is 272 g/mol. The van der Waals surface area contributed by atoms with Crippen molar-refractivity contribution >= 4 is 6.09 Å². The van der Waals surface area contributed by atoms with E-state index in [2.05, 4.69) is 11.8 Å². The van der Waals surface area contributed by atoms with Crippen molar-refractivity contribution in [3.63, 3.8) is 0 Å². The Kier molecular flexibility index (Phi) is 4.52. The van der Waals surface area contributed by atoms with Crippen LogP contribution in [0.5, 0.6) is 0 Å². The van der Waals surface area contributed by atoms with Crippen LogP contribution in [0.3, 0.4) is 0 Å². The molecule has 0 bridgehead atoms. The van der Waals surface area contributed by atoms with Gasteiger partial charge in [-0.05, 0) is 27.2 Å². The topological polar surface area (TPSA) is 73.2 Å². The first kappa shape index (κ1) is 16.5. The number of aliphatic hydroxyl groups is 2. The van der Waals surface area contributed by atoms with E-state index >= 15 is 0 Å². The lowest BCUT2D eigenvalue weighted by Crippen LogP contribution is -2.66. The van der Waals surface area contributed by atoms with Gasteiger partial charge in [0.05, 0.1) is 24.3 Å². The summed E-state index contributed by atoms with van der Waals surface area (Å²) in [5.41, 5.74) is -1.15. The Hall–Kier alpha value is -0.850. The van der Waals surface area contributed by atoms with E-state index in [-0.39, 0.29) is 12.1 Å². The SMILES string of the molecule is CCCC1(O)CN([C@@H]2CN(C(=O)OC(C)(C)C)C[C@H]2O)C1. The molecule has 2 N–H and O–H groups in total. The Bertz CT molecular complexity index is 388. The second kappa shape index (κ2) is 5.74. The van der Waals surface area contributed by atoms with Crippen molar-refractivity contribution < 1.29 is 19.7 Å². The smallest absolute Gasteiger partial charge is 0.410 e. The van der Waals surface area contributed by atoms with E-state index in [9.17, 15) is 15.0 Å². The minimum absolute atomic E-state index is 0.102. The molecule has 2 aliphatic heterocycles. The number of aliphatic hydroxyl groups excluding tert-OH is 1. The van der Waals surface area contributed by atoms with Crippen molar-refractivity contribution in [1.29, 1.82) is 0 Å². The second-order valence-electron chi connectivity index (χ2n) is 7.40. The summed E-state index contributed by atoms with van der Waals surface area (Å²) < 4.78 is 5.34. The first-order valence-electron chi connectivity index (χ1n) is 7.76. The summed E-state index contributed by atoms with van der Waals surface area (Å²) in [6.07, 6.45) is 0.765. The molecule has 0 aromatic rings. The molecule has 0 spiro atoms. The number of carbonyl (C=O) groups is 1. The highest BCUT2D eigenvalue weighted by Gasteiger charge is 2.48. The largest absolute Gasteiger partial charge is 0.444 e. The van der Waals surface area contributed by atoms with E-state index < -0.39 is 17.3 Å². The number of carbonyl (C=O) groups excluding carboxylic acids is 1. The zero-order chi connectivity index (χ0) is 15.8. The van der Waals surface area contributed by atoms with Crippen LogP contribution in [0.25, 0.3) is 0 Å². The number of likely N-dealkylation sites (tertiary alicyclic amines) is 2. The number of amides is 1. The fourth-order valence-electron chi connectivity index (χ4n) is 3.17. The van der Waals surface area contributed by atoms with Gasteiger partial charge in [0.2, 0.25) is 0 Å². The van der Waals surface area contributed by atoms with Gasteiger partial charge in [-0.2, -0.15) is 0 Å². The van der Waals surface area contributed by atoms with E-state index in [0.717, 1.165) is 12.8 Å². The van der Waals surface area contributed by atoms with Crippen molar-refractivity contribution in [3.05, 3.63) is 0 Å². The molecule has 0 aromatic heterocycles. The van der Waals surface area contributed by atoms with Crippen LogP contribution >= 0.6 is 0 Å². The molecule has 6 heteroatoms. The summed E-state index contributed by atoms with van der Waals surface area (Å²) in [4.78, 5) is 15.6. The molecular formula is C15H28N2O4. The van der Waals surface area contributed by atoms with E-state index in [1.165, 1.54) is 0 Å². The summed E-state index contributed by atoms with van der Waals surface area (Å²) in [5, 5.41) is 20.4. The monoisotopic (exact) mass is 300 g/mol. The molecule has 0 saturated carbocycles. The van der Waals surface area contributed by atoms with Crippen molar-refractivity contribution in [3.8, 4) is 0 Å². The van der Waals surface area contributed by atoms with Gasteiger partial charge in [-0.25, -0.2) is 4.79 Å². The van der Waals surface area contributed by atoms with E-state index in [0.29, 0.717) is 26.2 Å². The molecule has 1 amide bonds. The van der Waals surface area contributed by atoms with Crippen LogP contribution in [0.4, 0.5) is 4.79 Å². The van der Waals surface area contributed by atoms with Gasteiger partial charge in [-0.1, -0.05) is 13.3 Å². The van der Waals surface area contributed by atoms with Gasteiger partial charge < -0.3 is 19.8 Å². The molecule has 2 fully saturated rings. The van der Waals surface area contributed by atoms with Gasteiger partial charge >= 0.3 is 6.09 Å². The third-order valence-electron chi connectivity index (χ3n) is 4.09. The molecule has 2 aliphatic rings. The number of nitrogens with zero attached hydrogens (tertiary/aromatic N) is 2. The number of β-amino-alcohol motifs (C(OH)–C–C–N with tert-alkyl or cyclic N) is 2. The van der Waals surface area contributed by atoms with E-state index in [4.69, 9.17) is 4.74 Å². The second-order valence-corrected chi connectivity index (χ2v) is 7.40. The lowest BCUT2D eigenvalue weighted by Gasteiger charge is -2.50. The quantitative estimate of drug-likeness (QED) is 0.807. The minimum atomic E-state index is -0.617. The number of hydrogen-bond acceptors (Lipinski definition) is 5. The van der Waals surface area contributed by atoms with Gasteiger partial charge in [0.15, 0.2) is 0 Å². The Morgan fingerprint density at radius 2 is 1.95 bits per heavy atom. The predicted molar refractivity (Wildman–Crippen MR) is 79.0 cm³/mol. The summed E-state index contributed by atoms with van der Waals surface area (Å²) in [6.45, 7) is 9.44. The third-order valence-corrected chi connectivity index (χ3v) is 4.09. The highest BCUT2D eigenvalue weighted by atomic mass is 16.6. The highest BCUT2D eigenvalue weighted by Crippen LogP contribution is 2.31. The lowest BCUT2D eigenvalue weighted by molar-refractivity contribution is -0.129. The lowest BCUT2D eigenvalue weighted by atomic mass is 9.87. The molecule has 122 valence electrons. The zero-order valence-corrected chi connectivity index (χ0v) is 13.5. The van der Waals surface area contributed by atoms with Crippen molar-refractivity contribution in [2.45, 2.75) is 63.9 Å². The average Bonchev–Trinajstić information content (AvgIpc) is 2.66. The molecule has 2 saturated heterocycles. The van der Waals surface area contributed by atoms with Gasteiger partial charge in [0.1, 0.15) is 5.60 Å². The molecule has 6 nitrogen and oxygen atoms in total. The maximum atomic E-state index is 12.0. The Morgan fingerprint density at radius 1 is 1.33 bits per heavy atom. The van der Waals surface area contributed by atoms with Crippen LogP contribution in [0, 0.1) is 0 Å². The molecule has 0 aliphatic carbocycles. The van der Waals surface area contributed by atoms with Crippen molar-refractivity contribution in [1.82, 2.24) is 9.80 Å². The Morgan fingerprint density at radius 3 is 2.48 bits per heavy atom. The standard InChI is InChI=1S/C15H28N2O4/c1-5-6-15(20)9-17(10-15)11-7-16(8-12(11)18)13(19)21-14(2,3)4/h11-12,18,20H,5-10H2,1-4H3/t11-,12-/m1/s1. The molecule has 0 unspecified atom stereocenters. The van der Waals surface area contributed by atoms with Gasteiger partial charge in [-0.15, -0.1) is 0 Å². The minimum Gasteiger partial charge on any atom is -0.444 e. The maximum Gasteiger partial charge on any atom is 0.410 e. The van der Waals surface area contributed by atoms with E-state index in [1.807, 2.05) is 20.8 Å². The van der Waals surface area contributed by atoms with Crippen molar-refractivity contribution in [2.75, 3.05) is 26.2 Å². The summed E-state index contributed by atoms with van der Waals surface area (Å²) in [7, 11) is 0. The molecule has 0 radical (unpaired) electrons. The van der Waals surface area contributed by atoms with Gasteiger partial charge in [0.25, 0.3) is 0 Å². The van der Waals surface area contributed by atoms with Crippen molar-refractivity contribution in [2.24, 2.45) is 0 Å². The fourth-order valence-corrected chi connectivity index (χ4v) is 3.17. The first-order chi connectivity index (χ1) is 9.63. The summed E-state index contributed by atoms with van der Waals surface area (Å²) in [6, 6.07) is -0.102. The average molecular weight is 300 g/mol. The fraction of sp³-hybridized carbons (Fsp3) is 0.933. The van der Waals surface area contributed by atoms with E-state index in [1.54, 1.807) is 4.90 Å². The number of hydrogen-bond donors (Lipinski definition) is 2. The molecule has 21 heavy (non-hydrogen) atoms. The van der Waals surface area contributed by atoms with Gasteiger partial charge in [0, 0.05) is 19.6 Å². The number of rotatable bonds is 3. The Labute approximate surface area is 126 Å². The maximum absolute atomic E-state index is 12.0.